The second-order valence-corrected chi connectivity index (χ2v) is 3.05. The zero-order valence-electron chi connectivity index (χ0n) is 8.56. The summed E-state index contributed by atoms with van der Waals surface area (Å²) < 4.78 is 9.76. The van der Waals surface area contributed by atoms with Gasteiger partial charge in [-0.1, -0.05) is 18.2 Å². The highest BCUT2D eigenvalue weighted by Crippen LogP contribution is 2.15. The first-order valence-corrected chi connectivity index (χ1v) is 4.36. The molecule has 1 aromatic carbocycles. The summed E-state index contributed by atoms with van der Waals surface area (Å²) in [6.07, 6.45) is 0. The van der Waals surface area contributed by atoms with Gasteiger partial charge in [-0.25, -0.2) is 4.79 Å². The number of carbonyl (C=O) groups is 1. The monoisotopic (exact) mass is 205 g/mol. The molecule has 0 spiro atoms. The number of carbonyl (C=O) groups excluding carboxylic acids is 1. The minimum atomic E-state index is -1.56. The van der Waals surface area contributed by atoms with Crippen LogP contribution < -0.4 is 4.74 Å². The molecule has 4 nitrogen and oxygen atoms in total. The molecule has 1 atom stereocenters. The third-order valence-corrected chi connectivity index (χ3v) is 1.96. The van der Waals surface area contributed by atoms with E-state index in [1.54, 1.807) is 36.4 Å². The van der Waals surface area contributed by atoms with Gasteiger partial charge in [0.1, 0.15) is 11.8 Å². The molecule has 0 fully saturated rings. The van der Waals surface area contributed by atoms with Crippen LogP contribution in [0, 0.1) is 11.3 Å². The quantitative estimate of drug-likeness (QED) is 0.554. The topological polar surface area (TPSA) is 59.3 Å². The van der Waals surface area contributed by atoms with E-state index in [1.807, 2.05) is 0 Å². The molecule has 1 rings (SSSR count). The van der Waals surface area contributed by atoms with Crippen molar-refractivity contribution < 1.29 is 14.3 Å². The number of methoxy groups -OCH3 is 1. The predicted octanol–water partition coefficient (Wildman–Crippen LogP) is 1.52. The molecule has 0 bridgehead atoms. The Morgan fingerprint density at radius 1 is 1.40 bits per heavy atom. The third kappa shape index (κ3) is 2.55. The number of nitriles is 1. The highest BCUT2D eigenvalue weighted by atomic mass is 16.6. The highest BCUT2D eigenvalue weighted by Gasteiger charge is 2.35. The fourth-order valence-electron chi connectivity index (χ4n) is 0.868. The standard InChI is InChI=1S/C11H11NO3/c1-11(8-12,14-2)10(13)15-9-6-4-3-5-7-9/h3-7H,1-2H3. The lowest BCUT2D eigenvalue weighted by Gasteiger charge is -2.17. The van der Waals surface area contributed by atoms with E-state index < -0.39 is 11.6 Å². The van der Waals surface area contributed by atoms with E-state index in [-0.39, 0.29) is 0 Å². The molecule has 0 aliphatic rings. The lowest BCUT2D eigenvalue weighted by Crippen LogP contribution is -2.39. The molecule has 0 N–H and O–H groups in total. The van der Waals surface area contributed by atoms with Crippen molar-refractivity contribution in [2.24, 2.45) is 0 Å². The van der Waals surface area contributed by atoms with Gasteiger partial charge in [-0.3, -0.25) is 0 Å². The molecule has 4 heteroatoms. The highest BCUT2D eigenvalue weighted by molar-refractivity contribution is 5.84. The van der Waals surface area contributed by atoms with Gasteiger partial charge < -0.3 is 9.47 Å². The summed E-state index contributed by atoms with van der Waals surface area (Å²) in [5.74, 6) is -0.334. The first-order chi connectivity index (χ1) is 7.12. The van der Waals surface area contributed by atoms with E-state index in [4.69, 9.17) is 14.7 Å². The second-order valence-electron chi connectivity index (χ2n) is 3.05. The zero-order chi connectivity index (χ0) is 11.3. The normalized spacial score (nSPS) is 13.7. The van der Waals surface area contributed by atoms with Gasteiger partial charge in [0.2, 0.25) is 5.60 Å². The number of para-hydroxylation sites is 1. The molecule has 78 valence electrons. The van der Waals surface area contributed by atoms with Crippen molar-refractivity contribution >= 4 is 5.97 Å². The molecule has 0 saturated carbocycles. The van der Waals surface area contributed by atoms with Crippen LogP contribution in [-0.2, 0) is 9.53 Å². The molecule has 0 amide bonds. The Hall–Kier alpha value is -1.86. The fraction of sp³-hybridized carbons (Fsp3) is 0.273. The van der Waals surface area contributed by atoms with Crippen LogP contribution >= 0.6 is 0 Å². The molecular weight excluding hydrogens is 194 g/mol. The van der Waals surface area contributed by atoms with Crippen molar-refractivity contribution in [3.63, 3.8) is 0 Å². The summed E-state index contributed by atoms with van der Waals surface area (Å²) in [4.78, 5) is 11.5. The van der Waals surface area contributed by atoms with Crippen molar-refractivity contribution in [3.8, 4) is 11.8 Å². The van der Waals surface area contributed by atoms with Crippen LogP contribution in [0.4, 0.5) is 0 Å². The Labute approximate surface area is 88.0 Å². The second kappa shape index (κ2) is 4.58. The van der Waals surface area contributed by atoms with Crippen molar-refractivity contribution in [1.82, 2.24) is 0 Å². The Bertz CT molecular complexity index is 383. The summed E-state index contributed by atoms with van der Waals surface area (Å²) >= 11 is 0. The Morgan fingerprint density at radius 3 is 2.47 bits per heavy atom. The van der Waals surface area contributed by atoms with Crippen molar-refractivity contribution in [2.75, 3.05) is 7.11 Å². The largest absolute Gasteiger partial charge is 0.424 e. The molecule has 0 aliphatic carbocycles. The van der Waals surface area contributed by atoms with Crippen LogP contribution in [0.2, 0.25) is 0 Å². The third-order valence-electron chi connectivity index (χ3n) is 1.96. The average Bonchev–Trinajstić information content (AvgIpc) is 2.29. The maximum absolute atomic E-state index is 11.5. The number of ether oxygens (including phenoxy) is 2. The van der Waals surface area contributed by atoms with E-state index >= 15 is 0 Å². The Balaban J connectivity index is 2.77. The van der Waals surface area contributed by atoms with Crippen LogP contribution in [0.1, 0.15) is 6.92 Å². The number of rotatable bonds is 3. The van der Waals surface area contributed by atoms with Gasteiger partial charge in [0.05, 0.1) is 0 Å². The van der Waals surface area contributed by atoms with Gasteiger partial charge in [-0.15, -0.1) is 0 Å². The van der Waals surface area contributed by atoms with Gasteiger partial charge in [-0.2, -0.15) is 5.26 Å². The molecule has 15 heavy (non-hydrogen) atoms. The van der Waals surface area contributed by atoms with Gasteiger partial charge in [0.25, 0.3) is 0 Å². The molecule has 1 unspecified atom stereocenters. The maximum atomic E-state index is 11.5. The van der Waals surface area contributed by atoms with Crippen LogP contribution in [0.25, 0.3) is 0 Å². The van der Waals surface area contributed by atoms with Crippen LogP contribution in [0.3, 0.4) is 0 Å². The van der Waals surface area contributed by atoms with E-state index in [0.29, 0.717) is 5.75 Å². The van der Waals surface area contributed by atoms with E-state index in [0.717, 1.165) is 0 Å². The molecule has 0 saturated heterocycles. The predicted molar refractivity (Wildman–Crippen MR) is 53.1 cm³/mol. The lowest BCUT2D eigenvalue weighted by molar-refractivity contribution is -0.150. The van der Waals surface area contributed by atoms with E-state index in [1.165, 1.54) is 14.0 Å². The summed E-state index contributed by atoms with van der Waals surface area (Å²) in [5, 5.41) is 8.76. The summed E-state index contributed by atoms with van der Waals surface area (Å²) in [6, 6.07) is 10.3. The first-order valence-electron chi connectivity index (χ1n) is 4.36. The lowest BCUT2D eigenvalue weighted by atomic mass is 10.1. The minimum Gasteiger partial charge on any atom is -0.424 e. The van der Waals surface area contributed by atoms with E-state index in [2.05, 4.69) is 0 Å². The number of benzene rings is 1. The molecule has 0 heterocycles. The molecule has 0 radical (unpaired) electrons. The van der Waals surface area contributed by atoms with Gasteiger partial charge in [0.15, 0.2) is 0 Å². The van der Waals surface area contributed by atoms with Gasteiger partial charge in [-0.05, 0) is 19.1 Å². The van der Waals surface area contributed by atoms with E-state index in [9.17, 15) is 4.79 Å². The summed E-state index contributed by atoms with van der Waals surface area (Å²) in [5.41, 5.74) is -1.56. The fourth-order valence-corrected chi connectivity index (χ4v) is 0.868. The number of nitrogens with zero attached hydrogens (tertiary/aromatic N) is 1. The van der Waals surface area contributed by atoms with Gasteiger partial charge >= 0.3 is 5.97 Å². The summed E-state index contributed by atoms with van der Waals surface area (Å²) in [6.45, 7) is 1.36. The first kappa shape index (κ1) is 11.2. The molecule has 1 aromatic rings. The smallest absolute Gasteiger partial charge is 0.358 e. The Kier molecular flexibility index (Phi) is 3.42. The maximum Gasteiger partial charge on any atom is 0.358 e. The van der Waals surface area contributed by atoms with Crippen molar-refractivity contribution in [3.05, 3.63) is 30.3 Å². The van der Waals surface area contributed by atoms with Crippen LogP contribution in [0.5, 0.6) is 5.75 Å². The molecule has 0 aromatic heterocycles. The summed E-state index contributed by atoms with van der Waals surface area (Å²) in [7, 11) is 1.29. The average molecular weight is 205 g/mol. The van der Waals surface area contributed by atoms with Crippen molar-refractivity contribution in [1.29, 1.82) is 5.26 Å². The SMILES string of the molecule is COC(C)(C#N)C(=O)Oc1ccccc1. The van der Waals surface area contributed by atoms with Crippen LogP contribution in [0.15, 0.2) is 30.3 Å². The minimum absolute atomic E-state index is 0.390. The number of hydrogen-bond acceptors (Lipinski definition) is 4. The van der Waals surface area contributed by atoms with Gasteiger partial charge in [0, 0.05) is 7.11 Å². The number of esters is 1. The molecular formula is C11H11NO3. The molecule has 0 aliphatic heterocycles. The Morgan fingerprint density at radius 2 is 2.00 bits per heavy atom. The van der Waals surface area contributed by atoms with Crippen molar-refractivity contribution in [2.45, 2.75) is 12.5 Å². The zero-order valence-corrected chi connectivity index (χ0v) is 8.56. The number of hydrogen-bond donors (Lipinski definition) is 0. The van der Waals surface area contributed by atoms with Crippen LogP contribution in [-0.4, -0.2) is 18.7 Å².